The summed E-state index contributed by atoms with van der Waals surface area (Å²) in [4.78, 5) is 0.998. The fourth-order valence-corrected chi connectivity index (χ4v) is 4.88. The lowest BCUT2D eigenvalue weighted by Crippen LogP contribution is -2.31. The summed E-state index contributed by atoms with van der Waals surface area (Å²) >= 11 is 1.29. The summed E-state index contributed by atoms with van der Waals surface area (Å²) in [5.41, 5.74) is 0. The average Bonchev–Trinajstić information content (AvgIpc) is 2.84. The quantitative estimate of drug-likeness (QED) is 0.821. The van der Waals surface area contributed by atoms with Gasteiger partial charge in [-0.3, -0.25) is 0 Å². The lowest BCUT2D eigenvalue weighted by atomic mass is 9.88. The van der Waals surface area contributed by atoms with E-state index in [0.717, 1.165) is 11.3 Å². The molecular formula is C14H23NO3S2. The van der Waals surface area contributed by atoms with E-state index in [-0.39, 0.29) is 6.10 Å². The van der Waals surface area contributed by atoms with Gasteiger partial charge in [-0.1, -0.05) is 19.8 Å². The average molecular weight is 317 g/mol. The third-order valence-electron chi connectivity index (χ3n) is 3.74. The second kappa shape index (κ2) is 7.02. The maximum atomic E-state index is 12.0. The number of hydrogen-bond donors (Lipinski definition) is 1. The topological polar surface area (TPSA) is 55.4 Å². The molecule has 0 amide bonds. The molecule has 2 unspecified atom stereocenters. The number of hydrogen-bond acceptors (Lipinski definition) is 4. The van der Waals surface area contributed by atoms with E-state index in [4.69, 9.17) is 4.74 Å². The first-order valence-corrected chi connectivity index (χ1v) is 9.47. The van der Waals surface area contributed by atoms with E-state index in [1.165, 1.54) is 30.6 Å². The molecule has 1 saturated carbocycles. The van der Waals surface area contributed by atoms with Gasteiger partial charge in [-0.2, -0.15) is 0 Å². The Labute approximate surface area is 125 Å². The molecule has 0 saturated heterocycles. The zero-order valence-electron chi connectivity index (χ0n) is 12.1. The number of rotatable bonds is 6. The molecule has 1 heterocycles. The summed E-state index contributed by atoms with van der Waals surface area (Å²) in [7, 11) is -3.37. The molecule has 20 heavy (non-hydrogen) atoms. The molecule has 4 nitrogen and oxygen atoms in total. The van der Waals surface area contributed by atoms with Crippen LogP contribution in [0.25, 0.3) is 0 Å². The minimum absolute atomic E-state index is 0.289. The van der Waals surface area contributed by atoms with Gasteiger partial charge in [0.15, 0.2) is 0 Å². The molecule has 0 bridgehead atoms. The highest BCUT2D eigenvalue weighted by atomic mass is 32.2. The van der Waals surface area contributed by atoms with Crippen LogP contribution in [0.5, 0.6) is 0 Å². The van der Waals surface area contributed by atoms with Crippen LogP contribution in [-0.2, 0) is 14.8 Å². The van der Waals surface area contributed by atoms with E-state index in [9.17, 15) is 8.42 Å². The molecule has 1 N–H and O–H groups in total. The summed E-state index contributed by atoms with van der Waals surface area (Å²) in [5, 5.41) is 0. The van der Waals surface area contributed by atoms with Gasteiger partial charge in [-0.15, -0.1) is 11.3 Å². The molecule has 6 heteroatoms. The van der Waals surface area contributed by atoms with Crippen LogP contribution < -0.4 is 4.72 Å². The minimum atomic E-state index is -3.37. The fraction of sp³-hybridized carbons (Fsp3) is 0.714. The lowest BCUT2D eigenvalue weighted by molar-refractivity contribution is -0.00176. The number of ether oxygens (including phenoxy) is 1. The third-order valence-corrected chi connectivity index (χ3v) is 6.69. The largest absolute Gasteiger partial charge is 0.377 e. The van der Waals surface area contributed by atoms with Gasteiger partial charge in [-0.05, 0) is 37.8 Å². The van der Waals surface area contributed by atoms with Crippen LogP contribution in [0.1, 0.15) is 37.5 Å². The SMILES string of the molecule is Cc1ccc(S(=O)(=O)NCCOC2CCCCC2C)s1. The smallest absolute Gasteiger partial charge is 0.250 e. The summed E-state index contributed by atoms with van der Waals surface area (Å²) in [6.07, 6.45) is 5.10. The van der Waals surface area contributed by atoms with Crippen LogP contribution in [0, 0.1) is 12.8 Å². The first kappa shape index (κ1) is 15.9. The highest BCUT2D eigenvalue weighted by Gasteiger charge is 2.22. The number of nitrogens with one attached hydrogen (secondary N) is 1. The van der Waals surface area contributed by atoms with Gasteiger partial charge in [0.05, 0.1) is 12.7 Å². The van der Waals surface area contributed by atoms with E-state index < -0.39 is 10.0 Å². The van der Waals surface area contributed by atoms with Gasteiger partial charge in [0.1, 0.15) is 4.21 Å². The molecule has 2 rings (SSSR count). The zero-order valence-corrected chi connectivity index (χ0v) is 13.7. The monoisotopic (exact) mass is 317 g/mol. The lowest BCUT2D eigenvalue weighted by Gasteiger charge is -2.28. The summed E-state index contributed by atoms with van der Waals surface area (Å²) in [5.74, 6) is 0.584. The molecule has 0 spiro atoms. The van der Waals surface area contributed by atoms with Crippen molar-refractivity contribution in [1.82, 2.24) is 4.72 Å². The van der Waals surface area contributed by atoms with Crippen LogP contribution >= 0.6 is 11.3 Å². The summed E-state index contributed by atoms with van der Waals surface area (Å²) < 4.78 is 32.8. The normalized spacial score (nSPS) is 23.9. The first-order valence-electron chi connectivity index (χ1n) is 7.17. The van der Waals surface area contributed by atoms with Crippen molar-refractivity contribution in [2.75, 3.05) is 13.2 Å². The Morgan fingerprint density at radius 1 is 1.35 bits per heavy atom. The van der Waals surface area contributed by atoms with Gasteiger partial charge in [0, 0.05) is 11.4 Å². The molecule has 1 aromatic rings. The molecular weight excluding hydrogens is 294 g/mol. The molecule has 1 aliphatic rings. The maximum Gasteiger partial charge on any atom is 0.250 e. The summed E-state index contributed by atoms with van der Waals surface area (Å²) in [6, 6.07) is 3.46. The van der Waals surface area contributed by atoms with Crippen molar-refractivity contribution >= 4 is 21.4 Å². The predicted octanol–water partition coefficient (Wildman–Crippen LogP) is 2.93. The molecule has 0 aromatic carbocycles. The Bertz CT molecular complexity index is 524. The third kappa shape index (κ3) is 4.28. The highest BCUT2D eigenvalue weighted by molar-refractivity contribution is 7.91. The number of thiophene rings is 1. The van der Waals surface area contributed by atoms with E-state index in [0.29, 0.717) is 23.3 Å². The Kier molecular flexibility index (Phi) is 5.60. The van der Waals surface area contributed by atoms with Crippen molar-refractivity contribution in [3.05, 3.63) is 17.0 Å². The minimum Gasteiger partial charge on any atom is -0.377 e. The van der Waals surface area contributed by atoms with Crippen LogP contribution in [-0.4, -0.2) is 27.7 Å². The van der Waals surface area contributed by atoms with Crippen molar-refractivity contribution in [2.45, 2.75) is 49.8 Å². The Hall–Kier alpha value is -0.430. The van der Waals surface area contributed by atoms with Crippen molar-refractivity contribution in [3.8, 4) is 0 Å². The van der Waals surface area contributed by atoms with Crippen molar-refractivity contribution in [2.24, 2.45) is 5.92 Å². The number of aryl methyl sites for hydroxylation is 1. The molecule has 1 aliphatic carbocycles. The van der Waals surface area contributed by atoms with Crippen LogP contribution in [0.3, 0.4) is 0 Å². The highest BCUT2D eigenvalue weighted by Crippen LogP contribution is 2.26. The van der Waals surface area contributed by atoms with Crippen molar-refractivity contribution in [1.29, 1.82) is 0 Å². The number of sulfonamides is 1. The van der Waals surface area contributed by atoms with E-state index in [1.54, 1.807) is 6.07 Å². The molecule has 1 aromatic heterocycles. The van der Waals surface area contributed by atoms with Crippen LogP contribution in [0.2, 0.25) is 0 Å². The maximum absolute atomic E-state index is 12.0. The fourth-order valence-electron chi connectivity index (χ4n) is 2.54. The van der Waals surface area contributed by atoms with Gasteiger partial charge in [0.2, 0.25) is 10.0 Å². The molecule has 0 radical (unpaired) electrons. The van der Waals surface area contributed by atoms with E-state index in [1.807, 2.05) is 13.0 Å². The Morgan fingerprint density at radius 2 is 2.10 bits per heavy atom. The van der Waals surface area contributed by atoms with E-state index in [2.05, 4.69) is 11.6 Å². The Balaban J connectivity index is 1.75. The Morgan fingerprint density at radius 3 is 2.75 bits per heavy atom. The van der Waals surface area contributed by atoms with Crippen molar-refractivity contribution in [3.63, 3.8) is 0 Å². The molecule has 0 aliphatic heterocycles. The predicted molar refractivity (Wildman–Crippen MR) is 81.6 cm³/mol. The van der Waals surface area contributed by atoms with Crippen molar-refractivity contribution < 1.29 is 13.2 Å². The zero-order chi connectivity index (χ0) is 14.6. The van der Waals surface area contributed by atoms with Gasteiger partial charge >= 0.3 is 0 Å². The van der Waals surface area contributed by atoms with Crippen LogP contribution in [0.4, 0.5) is 0 Å². The van der Waals surface area contributed by atoms with Crippen LogP contribution in [0.15, 0.2) is 16.3 Å². The first-order chi connectivity index (χ1) is 9.49. The van der Waals surface area contributed by atoms with E-state index >= 15 is 0 Å². The second-order valence-corrected chi connectivity index (χ2v) is 8.72. The standard InChI is InChI=1S/C14H23NO3S2/c1-11-5-3-4-6-13(11)18-10-9-15-20(16,17)14-8-7-12(2)19-14/h7-8,11,13,15H,3-6,9-10H2,1-2H3. The van der Waals surface area contributed by atoms with Gasteiger partial charge in [-0.25, -0.2) is 13.1 Å². The molecule has 2 atom stereocenters. The molecule has 114 valence electrons. The second-order valence-electron chi connectivity index (χ2n) is 5.43. The summed E-state index contributed by atoms with van der Waals surface area (Å²) in [6.45, 7) is 4.89. The molecule has 1 fully saturated rings. The van der Waals surface area contributed by atoms with Gasteiger partial charge < -0.3 is 4.74 Å². The van der Waals surface area contributed by atoms with Gasteiger partial charge in [0.25, 0.3) is 0 Å².